The third kappa shape index (κ3) is 4.33. The van der Waals surface area contributed by atoms with Gasteiger partial charge in [0.15, 0.2) is 6.61 Å². The van der Waals surface area contributed by atoms with Gasteiger partial charge in [-0.2, -0.15) is 0 Å². The maximum absolute atomic E-state index is 12.2. The molecule has 1 aromatic carbocycles. The molecule has 1 aliphatic heterocycles. The van der Waals surface area contributed by atoms with Crippen LogP contribution in [0.25, 0.3) is 0 Å². The number of ether oxygens (including phenoxy) is 1. The van der Waals surface area contributed by atoms with Crippen LogP contribution in [0.4, 0.5) is 10.8 Å². The van der Waals surface area contributed by atoms with E-state index in [2.05, 4.69) is 29.4 Å². The Labute approximate surface area is 150 Å². The minimum Gasteiger partial charge on any atom is -0.482 e. The molecule has 0 bridgehead atoms. The lowest BCUT2D eigenvalue weighted by atomic mass is 10.1. The Kier molecular flexibility index (Phi) is 5.28. The van der Waals surface area contributed by atoms with Crippen LogP contribution in [0.2, 0.25) is 0 Å². The van der Waals surface area contributed by atoms with E-state index in [1.165, 1.54) is 11.3 Å². The van der Waals surface area contributed by atoms with E-state index in [0.717, 1.165) is 11.4 Å². The maximum atomic E-state index is 12.2. The molecule has 0 saturated heterocycles. The number of carbonyl (C=O) groups is 2. The Morgan fingerprint density at radius 1 is 1.36 bits per heavy atom. The fraction of sp³-hybridized carbons (Fsp3) is 0.412. The highest BCUT2D eigenvalue weighted by molar-refractivity contribution is 7.15. The van der Waals surface area contributed by atoms with Crippen LogP contribution in [-0.2, 0) is 16.0 Å². The SMILES string of the molecule is CC(C)Cc1nnc(NC(=O)CCN2C(=O)COc3ccccc32)s1. The first kappa shape index (κ1) is 17.3. The van der Waals surface area contributed by atoms with Gasteiger partial charge in [-0.1, -0.05) is 37.3 Å². The summed E-state index contributed by atoms with van der Waals surface area (Å²) < 4.78 is 5.39. The summed E-state index contributed by atoms with van der Waals surface area (Å²) in [5.41, 5.74) is 0.696. The number of aromatic nitrogens is 2. The van der Waals surface area contributed by atoms with Gasteiger partial charge in [0.1, 0.15) is 10.8 Å². The molecule has 0 atom stereocenters. The number of fused-ring (bicyclic) bond motifs is 1. The van der Waals surface area contributed by atoms with Gasteiger partial charge >= 0.3 is 0 Å². The number of hydrogen-bond acceptors (Lipinski definition) is 6. The smallest absolute Gasteiger partial charge is 0.265 e. The lowest BCUT2D eigenvalue weighted by Gasteiger charge is -2.29. The number of benzene rings is 1. The lowest BCUT2D eigenvalue weighted by Crippen LogP contribution is -2.40. The Hall–Kier alpha value is -2.48. The zero-order valence-corrected chi connectivity index (χ0v) is 15.0. The predicted molar refractivity (Wildman–Crippen MR) is 96.0 cm³/mol. The Bertz CT molecular complexity index is 775. The third-order valence-electron chi connectivity index (χ3n) is 3.67. The predicted octanol–water partition coefficient (Wildman–Crippen LogP) is 2.49. The number of rotatable bonds is 6. The number of para-hydroxylation sites is 2. The molecule has 2 amide bonds. The average Bonchev–Trinajstić information content (AvgIpc) is 3.00. The van der Waals surface area contributed by atoms with Gasteiger partial charge in [0.2, 0.25) is 11.0 Å². The van der Waals surface area contributed by atoms with Crippen LogP contribution in [0.1, 0.15) is 25.3 Å². The molecule has 8 heteroatoms. The van der Waals surface area contributed by atoms with Gasteiger partial charge in [0.25, 0.3) is 5.91 Å². The van der Waals surface area contributed by atoms with E-state index >= 15 is 0 Å². The molecule has 2 heterocycles. The molecule has 25 heavy (non-hydrogen) atoms. The molecule has 1 aliphatic rings. The molecule has 0 spiro atoms. The first-order valence-corrected chi connectivity index (χ1v) is 8.99. The van der Waals surface area contributed by atoms with Crippen molar-refractivity contribution in [3.63, 3.8) is 0 Å². The van der Waals surface area contributed by atoms with Gasteiger partial charge in [-0.3, -0.25) is 9.59 Å². The molecule has 0 radical (unpaired) electrons. The van der Waals surface area contributed by atoms with Crippen molar-refractivity contribution in [3.05, 3.63) is 29.3 Å². The van der Waals surface area contributed by atoms with Gasteiger partial charge in [0.05, 0.1) is 5.69 Å². The monoisotopic (exact) mass is 360 g/mol. The van der Waals surface area contributed by atoms with E-state index < -0.39 is 0 Å². The highest BCUT2D eigenvalue weighted by atomic mass is 32.1. The molecule has 132 valence electrons. The summed E-state index contributed by atoms with van der Waals surface area (Å²) >= 11 is 1.39. The quantitative estimate of drug-likeness (QED) is 0.855. The molecule has 1 aromatic heterocycles. The van der Waals surface area contributed by atoms with Gasteiger partial charge < -0.3 is 15.0 Å². The largest absolute Gasteiger partial charge is 0.482 e. The average molecular weight is 360 g/mol. The van der Waals surface area contributed by atoms with Crippen LogP contribution in [0, 0.1) is 5.92 Å². The fourth-order valence-corrected chi connectivity index (χ4v) is 3.50. The first-order chi connectivity index (χ1) is 12.0. The number of nitrogens with one attached hydrogen (secondary N) is 1. The highest BCUT2D eigenvalue weighted by Gasteiger charge is 2.25. The van der Waals surface area contributed by atoms with Crippen molar-refractivity contribution in [1.82, 2.24) is 10.2 Å². The standard InChI is InChI=1S/C17H20N4O3S/c1-11(2)9-15-19-20-17(25-15)18-14(22)7-8-21-12-5-3-4-6-13(12)24-10-16(21)23/h3-6,11H,7-10H2,1-2H3,(H,18,20,22). The van der Waals surface area contributed by atoms with Crippen molar-refractivity contribution < 1.29 is 14.3 Å². The van der Waals surface area contributed by atoms with Crippen LogP contribution in [-0.4, -0.2) is 35.2 Å². The van der Waals surface area contributed by atoms with E-state index in [9.17, 15) is 9.59 Å². The maximum Gasteiger partial charge on any atom is 0.265 e. The van der Waals surface area contributed by atoms with Crippen molar-refractivity contribution in [2.75, 3.05) is 23.4 Å². The second-order valence-corrected chi connectivity index (χ2v) is 7.26. The van der Waals surface area contributed by atoms with Crippen LogP contribution in [0.3, 0.4) is 0 Å². The van der Waals surface area contributed by atoms with Gasteiger partial charge in [0, 0.05) is 19.4 Å². The van der Waals surface area contributed by atoms with Crippen molar-refractivity contribution in [2.45, 2.75) is 26.7 Å². The molecular formula is C17H20N4O3S. The summed E-state index contributed by atoms with van der Waals surface area (Å²) in [6.07, 6.45) is 1.02. The summed E-state index contributed by atoms with van der Waals surface area (Å²) in [4.78, 5) is 25.8. The lowest BCUT2D eigenvalue weighted by molar-refractivity contribution is -0.121. The molecular weight excluding hydrogens is 340 g/mol. The van der Waals surface area contributed by atoms with E-state index in [0.29, 0.717) is 29.0 Å². The van der Waals surface area contributed by atoms with Crippen molar-refractivity contribution in [3.8, 4) is 5.75 Å². The Morgan fingerprint density at radius 2 is 2.16 bits per heavy atom. The van der Waals surface area contributed by atoms with E-state index in [-0.39, 0.29) is 24.8 Å². The summed E-state index contributed by atoms with van der Waals surface area (Å²) in [5, 5.41) is 12.2. The summed E-state index contributed by atoms with van der Waals surface area (Å²) in [6, 6.07) is 7.31. The van der Waals surface area contributed by atoms with Gasteiger partial charge in [-0.25, -0.2) is 0 Å². The fourth-order valence-electron chi connectivity index (χ4n) is 2.53. The van der Waals surface area contributed by atoms with Gasteiger partial charge in [-0.15, -0.1) is 10.2 Å². The molecule has 0 unspecified atom stereocenters. The zero-order valence-electron chi connectivity index (χ0n) is 14.2. The van der Waals surface area contributed by atoms with Crippen LogP contribution in [0.15, 0.2) is 24.3 Å². The second-order valence-electron chi connectivity index (χ2n) is 6.20. The van der Waals surface area contributed by atoms with E-state index in [1.54, 1.807) is 4.90 Å². The van der Waals surface area contributed by atoms with Gasteiger partial charge in [-0.05, 0) is 18.1 Å². The highest BCUT2D eigenvalue weighted by Crippen LogP contribution is 2.31. The van der Waals surface area contributed by atoms with Crippen LogP contribution < -0.4 is 15.0 Å². The molecule has 0 saturated carbocycles. The Balaban J connectivity index is 1.57. The molecule has 7 nitrogen and oxygen atoms in total. The second kappa shape index (κ2) is 7.60. The number of hydrogen-bond donors (Lipinski definition) is 1. The first-order valence-electron chi connectivity index (χ1n) is 8.17. The molecule has 0 aliphatic carbocycles. The van der Waals surface area contributed by atoms with Crippen molar-refractivity contribution >= 4 is 34.0 Å². The van der Waals surface area contributed by atoms with E-state index in [1.807, 2.05) is 24.3 Å². The third-order valence-corrected chi connectivity index (χ3v) is 4.53. The summed E-state index contributed by atoms with van der Waals surface area (Å²) in [5.74, 6) is 0.805. The van der Waals surface area contributed by atoms with Crippen molar-refractivity contribution in [2.24, 2.45) is 5.92 Å². The number of carbonyl (C=O) groups excluding carboxylic acids is 2. The number of anilines is 2. The zero-order chi connectivity index (χ0) is 17.8. The number of amides is 2. The minimum absolute atomic E-state index is 0.00635. The molecule has 1 N–H and O–H groups in total. The molecule has 3 rings (SSSR count). The number of nitrogens with zero attached hydrogens (tertiary/aromatic N) is 3. The summed E-state index contributed by atoms with van der Waals surface area (Å²) in [7, 11) is 0. The van der Waals surface area contributed by atoms with Crippen LogP contribution in [0.5, 0.6) is 5.75 Å². The minimum atomic E-state index is -0.191. The normalized spacial score (nSPS) is 13.6. The molecule has 0 fully saturated rings. The Morgan fingerprint density at radius 3 is 2.96 bits per heavy atom. The topological polar surface area (TPSA) is 84.4 Å². The molecule has 2 aromatic rings. The van der Waals surface area contributed by atoms with Crippen LogP contribution >= 0.6 is 11.3 Å². The van der Waals surface area contributed by atoms with Crippen molar-refractivity contribution in [1.29, 1.82) is 0 Å². The summed E-state index contributed by atoms with van der Waals surface area (Å²) in [6.45, 7) is 4.50. The van der Waals surface area contributed by atoms with E-state index in [4.69, 9.17) is 4.74 Å².